The molecule has 2 aliphatic heterocycles. The molecule has 0 aromatic rings. The van der Waals surface area contributed by atoms with Gasteiger partial charge in [0, 0.05) is 33.2 Å². The second-order valence-electron chi connectivity index (χ2n) is 6.49. The number of esters is 1. The zero-order chi connectivity index (χ0) is 16.7. The molecule has 1 unspecified atom stereocenters. The summed E-state index contributed by atoms with van der Waals surface area (Å²) < 4.78 is 5.13. The Bertz CT molecular complexity index is 405. The van der Waals surface area contributed by atoms with Gasteiger partial charge in [0.25, 0.3) is 0 Å². The van der Waals surface area contributed by atoms with Crippen LogP contribution in [0.25, 0.3) is 0 Å². The van der Waals surface area contributed by atoms with Crippen LogP contribution in [-0.4, -0.2) is 74.7 Å². The second kappa shape index (κ2) is 9.11. The van der Waals surface area contributed by atoms with E-state index in [0.717, 1.165) is 45.0 Å². The predicted molar refractivity (Wildman–Crippen MR) is 92.5 cm³/mol. The van der Waals surface area contributed by atoms with Gasteiger partial charge in [0.2, 0.25) is 0 Å². The predicted octanol–water partition coefficient (Wildman–Crippen LogP) is 1.18. The minimum atomic E-state index is -0.0410. The van der Waals surface area contributed by atoms with E-state index in [1.54, 1.807) is 0 Å². The molecular weight excluding hydrogens is 292 g/mol. The molecule has 2 heterocycles. The Morgan fingerprint density at radius 2 is 1.96 bits per heavy atom. The molecule has 0 aliphatic carbocycles. The normalized spacial score (nSPS) is 24.0. The summed E-state index contributed by atoms with van der Waals surface area (Å²) in [5, 5.41) is 3.53. The summed E-state index contributed by atoms with van der Waals surface area (Å²) in [4.78, 5) is 21.0. The smallest absolute Gasteiger partial charge is 0.309 e. The fraction of sp³-hybridized carbons (Fsp3) is 0.882. The number of nitrogens with zero attached hydrogens (tertiary/aromatic N) is 3. The minimum Gasteiger partial charge on any atom is -0.466 e. The van der Waals surface area contributed by atoms with Gasteiger partial charge in [-0.2, -0.15) is 0 Å². The molecule has 2 rings (SSSR count). The topological polar surface area (TPSA) is 57.2 Å². The number of carbonyl (C=O) groups is 1. The average Bonchev–Trinajstić information content (AvgIpc) is 3.04. The highest BCUT2D eigenvalue weighted by Gasteiger charge is 2.28. The number of likely N-dealkylation sites (tertiary alicyclic amines) is 2. The lowest BCUT2D eigenvalue weighted by Gasteiger charge is -2.33. The Balaban J connectivity index is 1.74. The van der Waals surface area contributed by atoms with Crippen LogP contribution < -0.4 is 5.32 Å². The summed E-state index contributed by atoms with van der Waals surface area (Å²) in [6.07, 6.45) is 2.97. The maximum absolute atomic E-state index is 11.8. The molecule has 2 saturated heterocycles. The number of guanidine groups is 1. The van der Waals surface area contributed by atoms with Crippen molar-refractivity contribution in [1.82, 2.24) is 15.1 Å². The van der Waals surface area contributed by atoms with Gasteiger partial charge in [0.05, 0.1) is 12.5 Å². The first-order chi connectivity index (χ1) is 11.2. The van der Waals surface area contributed by atoms with Crippen LogP contribution in [0.5, 0.6) is 0 Å². The van der Waals surface area contributed by atoms with Crippen molar-refractivity contribution < 1.29 is 9.53 Å². The zero-order valence-corrected chi connectivity index (χ0v) is 14.9. The summed E-state index contributed by atoms with van der Waals surface area (Å²) in [5.74, 6) is 1.70. The number of rotatable bonds is 5. The molecule has 0 spiro atoms. The second-order valence-corrected chi connectivity index (χ2v) is 6.49. The largest absolute Gasteiger partial charge is 0.466 e. The van der Waals surface area contributed by atoms with Crippen LogP contribution in [0.3, 0.4) is 0 Å². The Kier molecular flexibility index (Phi) is 7.15. The number of aliphatic imine (C=N–C) groups is 1. The Hall–Kier alpha value is -1.30. The molecule has 2 aliphatic rings. The fourth-order valence-corrected chi connectivity index (χ4v) is 3.52. The first-order valence-electron chi connectivity index (χ1n) is 9.02. The minimum absolute atomic E-state index is 0.0410. The summed E-state index contributed by atoms with van der Waals surface area (Å²) in [6.45, 7) is 10.8. The molecule has 6 heteroatoms. The third-order valence-corrected chi connectivity index (χ3v) is 4.99. The van der Waals surface area contributed by atoms with E-state index in [9.17, 15) is 4.79 Å². The third-order valence-electron chi connectivity index (χ3n) is 4.99. The van der Waals surface area contributed by atoms with Crippen molar-refractivity contribution >= 4 is 11.9 Å². The van der Waals surface area contributed by atoms with E-state index in [0.29, 0.717) is 12.5 Å². The van der Waals surface area contributed by atoms with Crippen LogP contribution in [-0.2, 0) is 9.53 Å². The van der Waals surface area contributed by atoms with Crippen molar-refractivity contribution in [2.45, 2.75) is 33.1 Å². The van der Waals surface area contributed by atoms with E-state index in [1.165, 1.54) is 19.5 Å². The Labute approximate surface area is 140 Å². The zero-order valence-electron chi connectivity index (χ0n) is 14.9. The van der Waals surface area contributed by atoms with Gasteiger partial charge in [-0.3, -0.25) is 9.79 Å². The third kappa shape index (κ3) is 5.09. The van der Waals surface area contributed by atoms with Gasteiger partial charge in [0.1, 0.15) is 0 Å². The van der Waals surface area contributed by atoms with Crippen LogP contribution in [0.4, 0.5) is 0 Å². The first-order valence-corrected chi connectivity index (χ1v) is 9.02. The Morgan fingerprint density at radius 3 is 2.52 bits per heavy atom. The van der Waals surface area contributed by atoms with Crippen molar-refractivity contribution in [3.05, 3.63) is 0 Å². The number of hydrogen-bond donors (Lipinski definition) is 1. The number of hydrogen-bond acceptors (Lipinski definition) is 4. The lowest BCUT2D eigenvalue weighted by molar-refractivity contribution is -0.149. The molecule has 132 valence electrons. The lowest BCUT2D eigenvalue weighted by Crippen LogP contribution is -2.47. The maximum atomic E-state index is 11.8. The SMILES string of the molecule is CCOC(=O)C1CCN(C(=NC)NCC2CCN(CC)C2)CC1. The van der Waals surface area contributed by atoms with Gasteiger partial charge in [-0.25, -0.2) is 0 Å². The number of carbonyl (C=O) groups excluding carboxylic acids is 1. The van der Waals surface area contributed by atoms with Gasteiger partial charge in [-0.1, -0.05) is 6.92 Å². The molecule has 0 saturated carbocycles. The Morgan fingerprint density at radius 1 is 1.22 bits per heavy atom. The van der Waals surface area contributed by atoms with E-state index in [2.05, 4.69) is 27.0 Å². The highest BCUT2D eigenvalue weighted by atomic mass is 16.5. The van der Waals surface area contributed by atoms with E-state index in [4.69, 9.17) is 4.74 Å². The highest BCUT2D eigenvalue weighted by Crippen LogP contribution is 2.19. The lowest BCUT2D eigenvalue weighted by atomic mass is 9.97. The molecule has 23 heavy (non-hydrogen) atoms. The van der Waals surface area contributed by atoms with Crippen molar-refractivity contribution in [1.29, 1.82) is 0 Å². The standard InChI is InChI=1S/C17H32N4O2/c1-4-20-9-6-14(13-20)12-19-17(18-3)21-10-7-15(8-11-21)16(22)23-5-2/h14-15H,4-13H2,1-3H3,(H,18,19). The first kappa shape index (κ1) is 18.0. The summed E-state index contributed by atoms with van der Waals surface area (Å²) >= 11 is 0. The number of ether oxygens (including phenoxy) is 1. The van der Waals surface area contributed by atoms with Crippen molar-refractivity contribution in [3.8, 4) is 0 Å². The van der Waals surface area contributed by atoms with E-state index in [-0.39, 0.29) is 11.9 Å². The molecule has 0 bridgehead atoms. The quantitative estimate of drug-likeness (QED) is 0.467. The highest BCUT2D eigenvalue weighted by molar-refractivity contribution is 5.80. The molecule has 6 nitrogen and oxygen atoms in total. The summed E-state index contributed by atoms with van der Waals surface area (Å²) in [6, 6.07) is 0. The summed E-state index contributed by atoms with van der Waals surface area (Å²) in [5.41, 5.74) is 0. The van der Waals surface area contributed by atoms with Gasteiger partial charge in [-0.15, -0.1) is 0 Å². The number of piperidine rings is 1. The maximum Gasteiger partial charge on any atom is 0.309 e. The van der Waals surface area contributed by atoms with Crippen molar-refractivity contribution in [2.75, 3.05) is 52.9 Å². The van der Waals surface area contributed by atoms with Gasteiger partial charge in [-0.05, 0) is 45.2 Å². The van der Waals surface area contributed by atoms with E-state index < -0.39 is 0 Å². The van der Waals surface area contributed by atoms with Gasteiger partial charge in [0.15, 0.2) is 5.96 Å². The molecular formula is C17H32N4O2. The molecule has 0 amide bonds. The van der Waals surface area contributed by atoms with Crippen LogP contribution >= 0.6 is 0 Å². The fourth-order valence-electron chi connectivity index (χ4n) is 3.52. The summed E-state index contributed by atoms with van der Waals surface area (Å²) in [7, 11) is 1.84. The molecule has 2 fully saturated rings. The van der Waals surface area contributed by atoms with Crippen molar-refractivity contribution in [3.63, 3.8) is 0 Å². The van der Waals surface area contributed by atoms with Gasteiger partial charge < -0.3 is 19.9 Å². The van der Waals surface area contributed by atoms with E-state index in [1.807, 2.05) is 14.0 Å². The van der Waals surface area contributed by atoms with Crippen molar-refractivity contribution in [2.24, 2.45) is 16.8 Å². The molecule has 1 atom stereocenters. The van der Waals surface area contributed by atoms with Crippen LogP contribution in [0.1, 0.15) is 33.1 Å². The van der Waals surface area contributed by atoms with E-state index >= 15 is 0 Å². The molecule has 0 aromatic carbocycles. The van der Waals surface area contributed by atoms with Crippen LogP contribution in [0.2, 0.25) is 0 Å². The molecule has 0 radical (unpaired) electrons. The molecule has 1 N–H and O–H groups in total. The monoisotopic (exact) mass is 324 g/mol. The van der Waals surface area contributed by atoms with Crippen LogP contribution in [0, 0.1) is 11.8 Å². The number of nitrogens with one attached hydrogen (secondary N) is 1. The van der Waals surface area contributed by atoms with Crippen LogP contribution in [0.15, 0.2) is 4.99 Å². The molecule has 0 aromatic heterocycles. The average molecular weight is 324 g/mol. The van der Waals surface area contributed by atoms with Gasteiger partial charge >= 0.3 is 5.97 Å².